The zero-order valence-corrected chi connectivity index (χ0v) is 16.1. The van der Waals surface area contributed by atoms with E-state index < -0.39 is 0 Å². The number of rotatable bonds is 7. The third kappa shape index (κ3) is 5.38. The minimum atomic E-state index is -0.279. The van der Waals surface area contributed by atoms with Gasteiger partial charge in [-0.15, -0.1) is 0 Å². The maximum Gasteiger partial charge on any atom is 0.251 e. The van der Waals surface area contributed by atoms with Crippen molar-refractivity contribution in [1.29, 1.82) is 0 Å². The molecule has 2 aromatic carbocycles. The van der Waals surface area contributed by atoms with Crippen molar-refractivity contribution in [1.82, 2.24) is 5.32 Å². The number of benzene rings is 2. The van der Waals surface area contributed by atoms with Crippen LogP contribution in [0.2, 0.25) is 10.0 Å². The third-order valence-corrected chi connectivity index (χ3v) is 4.38. The molecule has 138 valence electrons. The molecule has 2 amide bonds. The molecule has 0 heterocycles. The van der Waals surface area contributed by atoms with Gasteiger partial charge in [-0.2, -0.15) is 0 Å². The molecule has 0 aliphatic carbocycles. The second kappa shape index (κ2) is 9.46. The first kappa shape index (κ1) is 20.1. The number of ether oxygens (including phenoxy) is 1. The summed E-state index contributed by atoms with van der Waals surface area (Å²) in [6, 6.07) is 11.9. The second-order valence-electron chi connectivity index (χ2n) is 5.48. The summed E-state index contributed by atoms with van der Waals surface area (Å²) in [6.07, 6.45) is 0. The van der Waals surface area contributed by atoms with Gasteiger partial charge in [0, 0.05) is 31.3 Å². The molecule has 0 atom stereocenters. The molecule has 0 unspecified atom stereocenters. The summed E-state index contributed by atoms with van der Waals surface area (Å²) in [4.78, 5) is 25.7. The first-order valence-electron chi connectivity index (χ1n) is 8.16. The van der Waals surface area contributed by atoms with E-state index >= 15 is 0 Å². The number of nitrogens with zero attached hydrogens (tertiary/aromatic N) is 1. The van der Waals surface area contributed by atoms with Crippen LogP contribution < -0.4 is 15.0 Å². The monoisotopic (exact) mass is 394 g/mol. The maximum absolute atomic E-state index is 12.2. The van der Waals surface area contributed by atoms with E-state index in [4.69, 9.17) is 27.9 Å². The molecule has 0 radical (unpaired) electrons. The summed E-state index contributed by atoms with van der Waals surface area (Å²) in [5.74, 6) is 0.351. The minimum absolute atomic E-state index is 0.113. The Morgan fingerprint density at radius 1 is 1.08 bits per heavy atom. The van der Waals surface area contributed by atoms with Gasteiger partial charge in [0.05, 0.1) is 16.7 Å². The Morgan fingerprint density at radius 3 is 2.35 bits per heavy atom. The second-order valence-corrected chi connectivity index (χ2v) is 6.30. The lowest BCUT2D eigenvalue weighted by Gasteiger charge is -2.21. The Bertz CT molecular complexity index is 779. The fourth-order valence-electron chi connectivity index (χ4n) is 2.38. The summed E-state index contributed by atoms with van der Waals surface area (Å²) in [7, 11) is 0. The minimum Gasteiger partial charge on any atom is -0.494 e. The molecule has 0 saturated carbocycles. The molecule has 0 aliphatic rings. The normalized spacial score (nSPS) is 10.3. The zero-order chi connectivity index (χ0) is 19.1. The smallest absolute Gasteiger partial charge is 0.251 e. The molecule has 0 saturated heterocycles. The maximum atomic E-state index is 12.2. The predicted octanol–water partition coefficient (Wildman–Crippen LogP) is 4.18. The van der Waals surface area contributed by atoms with Gasteiger partial charge in [-0.1, -0.05) is 23.2 Å². The molecule has 2 rings (SSSR count). The van der Waals surface area contributed by atoms with Gasteiger partial charge < -0.3 is 15.0 Å². The summed E-state index contributed by atoms with van der Waals surface area (Å²) >= 11 is 11.8. The molecular formula is C19H20Cl2N2O3. The lowest BCUT2D eigenvalue weighted by molar-refractivity contribution is -0.116. The molecule has 0 fully saturated rings. The van der Waals surface area contributed by atoms with Gasteiger partial charge in [0.1, 0.15) is 5.75 Å². The molecule has 2 aromatic rings. The van der Waals surface area contributed by atoms with Gasteiger partial charge in [-0.25, -0.2) is 0 Å². The van der Waals surface area contributed by atoms with Crippen molar-refractivity contribution in [3.8, 4) is 5.75 Å². The van der Waals surface area contributed by atoms with E-state index in [-0.39, 0.29) is 11.8 Å². The van der Waals surface area contributed by atoms with Crippen LogP contribution in [0.4, 0.5) is 5.69 Å². The third-order valence-electron chi connectivity index (χ3n) is 3.64. The number of nitrogens with one attached hydrogen (secondary N) is 1. The van der Waals surface area contributed by atoms with E-state index in [9.17, 15) is 9.59 Å². The van der Waals surface area contributed by atoms with Crippen molar-refractivity contribution in [3.05, 3.63) is 58.1 Å². The van der Waals surface area contributed by atoms with Gasteiger partial charge >= 0.3 is 0 Å². The molecular weight excluding hydrogens is 375 g/mol. The first-order valence-corrected chi connectivity index (χ1v) is 8.92. The quantitative estimate of drug-likeness (QED) is 0.766. The number of amides is 2. The van der Waals surface area contributed by atoms with Crippen molar-refractivity contribution in [2.75, 3.05) is 24.6 Å². The average molecular weight is 395 g/mol. The van der Waals surface area contributed by atoms with E-state index in [0.717, 1.165) is 11.4 Å². The van der Waals surface area contributed by atoms with Crippen LogP contribution in [0.1, 0.15) is 24.2 Å². The highest BCUT2D eigenvalue weighted by molar-refractivity contribution is 6.42. The van der Waals surface area contributed by atoms with E-state index in [0.29, 0.717) is 35.3 Å². The van der Waals surface area contributed by atoms with Crippen LogP contribution in [0.25, 0.3) is 0 Å². The number of carbonyl (C=O) groups excluding carboxylic acids is 2. The van der Waals surface area contributed by atoms with Crippen molar-refractivity contribution in [2.24, 2.45) is 0 Å². The lowest BCUT2D eigenvalue weighted by atomic mass is 10.2. The first-order chi connectivity index (χ1) is 12.4. The van der Waals surface area contributed by atoms with Crippen LogP contribution in [-0.4, -0.2) is 31.5 Å². The van der Waals surface area contributed by atoms with Crippen molar-refractivity contribution >= 4 is 40.7 Å². The standard InChI is InChI=1S/C19H20Cl2N2O3/c1-3-26-16-7-5-15(6-8-16)23(13(2)24)11-10-22-19(25)14-4-9-17(20)18(21)12-14/h4-9,12H,3,10-11H2,1-2H3,(H,22,25). The molecule has 1 N–H and O–H groups in total. The Labute approximate surface area is 162 Å². The van der Waals surface area contributed by atoms with Crippen molar-refractivity contribution < 1.29 is 14.3 Å². The molecule has 26 heavy (non-hydrogen) atoms. The van der Waals surface area contributed by atoms with Gasteiger partial charge in [-0.05, 0) is 49.4 Å². The predicted molar refractivity (Wildman–Crippen MR) is 104 cm³/mol. The molecule has 0 aromatic heterocycles. The lowest BCUT2D eigenvalue weighted by Crippen LogP contribution is -2.37. The van der Waals surface area contributed by atoms with Crippen molar-refractivity contribution in [3.63, 3.8) is 0 Å². The van der Waals surface area contributed by atoms with Crippen LogP contribution in [0.3, 0.4) is 0 Å². The molecule has 0 aliphatic heterocycles. The molecule has 0 bridgehead atoms. The highest BCUT2D eigenvalue weighted by Crippen LogP contribution is 2.22. The Morgan fingerprint density at radius 2 is 1.77 bits per heavy atom. The number of halogens is 2. The number of anilines is 1. The fraction of sp³-hybridized carbons (Fsp3) is 0.263. The summed E-state index contributed by atoms with van der Waals surface area (Å²) in [5, 5.41) is 3.48. The zero-order valence-electron chi connectivity index (χ0n) is 14.6. The fourth-order valence-corrected chi connectivity index (χ4v) is 2.68. The summed E-state index contributed by atoms with van der Waals surface area (Å²) in [6.45, 7) is 4.61. The Balaban J connectivity index is 1.96. The SMILES string of the molecule is CCOc1ccc(N(CCNC(=O)c2ccc(Cl)c(Cl)c2)C(C)=O)cc1. The van der Waals surface area contributed by atoms with Crippen LogP contribution in [-0.2, 0) is 4.79 Å². The van der Waals surface area contributed by atoms with Crippen LogP contribution in [0.15, 0.2) is 42.5 Å². The van der Waals surface area contributed by atoms with Gasteiger partial charge in [-0.3, -0.25) is 9.59 Å². The molecule has 7 heteroatoms. The van der Waals surface area contributed by atoms with Gasteiger partial charge in [0.2, 0.25) is 5.91 Å². The van der Waals surface area contributed by atoms with E-state index in [1.54, 1.807) is 17.0 Å². The number of hydrogen-bond acceptors (Lipinski definition) is 3. The number of hydrogen-bond donors (Lipinski definition) is 1. The Hall–Kier alpha value is -2.24. The highest BCUT2D eigenvalue weighted by atomic mass is 35.5. The molecule has 5 nitrogen and oxygen atoms in total. The average Bonchev–Trinajstić information content (AvgIpc) is 2.62. The summed E-state index contributed by atoms with van der Waals surface area (Å²) < 4.78 is 5.40. The number of carbonyl (C=O) groups is 2. The topological polar surface area (TPSA) is 58.6 Å². The van der Waals surface area contributed by atoms with E-state index in [2.05, 4.69) is 5.32 Å². The van der Waals surface area contributed by atoms with E-state index in [1.807, 2.05) is 31.2 Å². The highest BCUT2D eigenvalue weighted by Gasteiger charge is 2.13. The van der Waals surface area contributed by atoms with Crippen molar-refractivity contribution in [2.45, 2.75) is 13.8 Å². The van der Waals surface area contributed by atoms with Gasteiger partial charge in [0.25, 0.3) is 5.91 Å². The van der Waals surface area contributed by atoms with Crippen LogP contribution in [0.5, 0.6) is 5.75 Å². The van der Waals surface area contributed by atoms with E-state index in [1.165, 1.54) is 13.0 Å². The van der Waals surface area contributed by atoms with Crippen LogP contribution >= 0.6 is 23.2 Å². The molecule has 0 spiro atoms. The largest absolute Gasteiger partial charge is 0.494 e. The summed E-state index contributed by atoms with van der Waals surface area (Å²) in [5.41, 5.74) is 1.15. The Kier molecular flexibility index (Phi) is 7.30. The van der Waals surface area contributed by atoms with Crippen LogP contribution in [0, 0.1) is 0 Å². The van der Waals surface area contributed by atoms with Gasteiger partial charge in [0.15, 0.2) is 0 Å².